The standard InChI is InChI=1S/C7H5Cl3S.3C6H5.Sn/c8-4-1-6(9)5(3-11)7(10)2-4;3*1-2-4-6-5-3-1;/h1-2,11H,3H2;3*1-5H;/q;;;;+1/p-1. The molecule has 0 radical (unpaired) electrons. The Kier molecular flexibility index (Phi) is 7.38. The van der Waals surface area contributed by atoms with Crippen LogP contribution in [0, 0.1) is 0 Å². The molecule has 150 valence electrons. The molecule has 0 saturated heterocycles. The molecule has 0 unspecified atom stereocenters. The first-order valence-corrected chi connectivity index (χ1v) is 19.4. The summed E-state index contributed by atoms with van der Waals surface area (Å²) in [6.07, 6.45) is 0. The van der Waals surface area contributed by atoms with Gasteiger partial charge in [0.15, 0.2) is 0 Å². The van der Waals surface area contributed by atoms with E-state index in [4.69, 9.17) is 34.8 Å². The van der Waals surface area contributed by atoms with Crippen LogP contribution in [-0.4, -0.2) is 17.0 Å². The van der Waals surface area contributed by atoms with E-state index in [0.29, 0.717) is 15.1 Å². The van der Waals surface area contributed by atoms with Gasteiger partial charge in [-0.2, -0.15) is 0 Å². The molecule has 4 rings (SSSR count). The van der Waals surface area contributed by atoms with Gasteiger partial charge in [-0.25, -0.2) is 0 Å². The Morgan fingerprint density at radius 1 is 0.567 bits per heavy atom. The first kappa shape index (κ1) is 22.1. The number of hydrogen-bond acceptors (Lipinski definition) is 1. The summed E-state index contributed by atoms with van der Waals surface area (Å²) in [4.78, 5) is 0. The molecule has 30 heavy (non-hydrogen) atoms. The number of benzene rings is 4. The molecule has 0 aliphatic rings. The van der Waals surface area contributed by atoms with Crippen molar-refractivity contribution in [3.63, 3.8) is 0 Å². The third-order valence-electron chi connectivity index (χ3n) is 5.08. The quantitative estimate of drug-likeness (QED) is 0.235. The normalized spacial score (nSPS) is 11.4. The van der Waals surface area contributed by atoms with Gasteiger partial charge in [-0.05, 0) is 0 Å². The molecule has 0 aromatic heterocycles. The van der Waals surface area contributed by atoms with E-state index in [1.807, 2.05) is 8.95 Å². The second-order valence-electron chi connectivity index (χ2n) is 6.92. The Labute approximate surface area is 199 Å². The molecule has 0 aliphatic carbocycles. The molecule has 0 bridgehead atoms. The van der Waals surface area contributed by atoms with Crippen LogP contribution >= 0.6 is 43.7 Å². The zero-order valence-corrected chi connectivity index (χ0v) is 22.0. The first-order chi connectivity index (χ1) is 14.6. The molecular weight excluding hydrogens is 557 g/mol. The molecule has 5 heteroatoms. The minimum atomic E-state index is -3.41. The Bertz CT molecular complexity index is 999. The van der Waals surface area contributed by atoms with E-state index < -0.39 is 17.0 Å². The van der Waals surface area contributed by atoms with E-state index in [2.05, 4.69) is 91.0 Å². The van der Waals surface area contributed by atoms with Crippen LogP contribution in [0.5, 0.6) is 0 Å². The van der Waals surface area contributed by atoms with Crippen LogP contribution < -0.4 is 10.7 Å². The molecule has 0 saturated carbocycles. The summed E-state index contributed by atoms with van der Waals surface area (Å²) in [5.41, 5.74) is 0.941. The van der Waals surface area contributed by atoms with Gasteiger partial charge < -0.3 is 0 Å². The van der Waals surface area contributed by atoms with Gasteiger partial charge in [0.25, 0.3) is 0 Å². The monoisotopic (exact) mass is 576 g/mol. The molecule has 0 heterocycles. The fraction of sp³-hybridized carbons (Fsp3) is 0.0400. The van der Waals surface area contributed by atoms with E-state index in [1.54, 1.807) is 12.1 Å². The molecule has 0 atom stereocenters. The van der Waals surface area contributed by atoms with Crippen LogP contribution in [-0.2, 0) is 5.75 Å². The van der Waals surface area contributed by atoms with Gasteiger partial charge in [0.1, 0.15) is 0 Å². The van der Waals surface area contributed by atoms with Gasteiger partial charge in [0.05, 0.1) is 0 Å². The summed E-state index contributed by atoms with van der Waals surface area (Å²) in [5, 5.41) is 1.80. The van der Waals surface area contributed by atoms with Gasteiger partial charge in [-0.15, -0.1) is 0 Å². The van der Waals surface area contributed by atoms with Crippen molar-refractivity contribution in [2.75, 3.05) is 0 Å². The molecule has 0 spiro atoms. The second kappa shape index (κ2) is 10.0. The molecule has 0 N–H and O–H groups in total. The van der Waals surface area contributed by atoms with Crippen LogP contribution in [0.3, 0.4) is 0 Å². The number of halogens is 3. The van der Waals surface area contributed by atoms with E-state index in [-0.39, 0.29) is 0 Å². The van der Waals surface area contributed by atoms with Crippen molar-refractivity contribution in [3.8, 4) is 0 Å². The molecule has 4 aromatic rings. The summed E-state index contributed by atoms with van der Waals surface area (Å²) in [7, 11) is 2.01. The summed E-state index contributed by atoms with van der Waals surface area (Å²) >= 11 is 15.8. The molecule has 0 nitrogen and oxygen atoms in total. The topological polar surface area (TPSA) is 0 Å². The summed E-state index contributed by atoms with van der Waals surface area (Å²) in [6.45, 7) is 0. The molecule has 0 fully saturated rings. The predicted octanol–water partition coefficient (Wildman–Crippen LogP) is 6.55. The summed E-state index contributed by atoms with van der Waals surface area (Å²) in [6, 6.07) is 36.2. The van der Waals surface area contributed by atoms with Crippen molar-refractivity contribution in [3.05, 3.63) is 124 Å². The number of rotatable bonds is 6. The molecule has 0 amide bonds. The number of hydrogen-bond donors (Lipinski definition) is 0. The van der Waals surface area contributed by atoms with Crippen molar-refractivity contribution in [2.45, 2.75) is 5.75 Å². The maximum absolute atomic E-state index is 6.54. The Balaban J connectivity index is 1.89. The summed E-state index contributed by atoms with van der Waals surface area (Å²) in [5.74, 6) is 0.726. The third kappa shape index (κ3) is 4.56. The zero-order valence-electron chi connectivity index (χ0n) is 16.1. The van der Waals surface area contributed by atoms with E-state index >= 15 is 0 Å². The van der Waals surface area contributed by atoms with Crippen LogP contribution in [0.2, 0.25) is 15.1 Å². The zero-order chi connectivity index (χ0) is 21.0. The third-order valence-corrected chi connectivity index (χ3v) is 26.3. The maximum atomic E-state index is 6.54. The second-order valence-corrected chi connectivity index (χ2v) is 24.2. The van der Waals surface area contributed by atoms with Crippen LogP contribution in [0.25, 0.3) is 0 Å². The van der Waals surface area contributed by atoms with Crippen molar-refractivity contribution >= 4 is 71.5 Å². The first-order valence-electron chi connectivity index (χ1n) is 9.55. The van der Waals surface area contributed by atoms with E-state index in [9.17, 15) is 0 Å². The predicted molar refractivity (Wildman–Crippen MR) is 137 cm³/mol. The summed E-state index contributed by atoms with van der Waals surface area (Å²) < 4.78 is 4.24. The van der Waals surface area contributed by atoms with Crippen LogP contribution in [0.15, 0.2) is 103 Å². The van der Waals surface area contributed by atoms with Crippen molar-refractivity contribution in [2.24, 2.45) is 0 Å². The van der Waals surface area contributed by atoms with Crippen molar-refractivity contribution in [1.82, 2.24) is 0 Å². The molecular formula is C25H19Cl3SSn. The van der Waals surface area contributed by atoms with Gasteiger partial charge in [-0.3, -0.25) is 0 Å². The molecule has 0 aliphatic heterocycles. The van der Waals surface area contributed by atoms with Crippen molar-refractivity contribution in [1.29, 1.82) is 0 Å². The van der Waals surface area contributed by atoms with Crippen LogP contribution in [0.1, 0.15) is 5.56 Å². The van der Waals surface area contributed by atoms with Gasteiger partial charge in [0, 0.05) is 0 Å². The van der Waals surface area contributed by atoms with Gasteiger partial charge in [-0.1, -0.05) is 0 Å². The van der Waals surface area contributed by atoms with Crippen LogP contribution in [0.4, 0.5) is 0 Å². The SMILES string of the molecule is Clc1cc(Cl)c(C[S][Sn]([c]2ccccc2)([c]2ccccc2)[c]2ccccc2)c(Cl)c1. The fourth-order valence-corrected chi connectivity index (χ4v) is 24.6. The minimum absolute atomic E-state index is 0.558. The fourth-order valence-electron chi connectivity index (χ4n) is 3.66. The van der Waals surface area contributed by atoms with E-state index in [1.165, 1.54) is 10.7 Å². The van der Waals surface area contributed by atoms with E-state index in [0.717, 1.165) is 11.3 Å². The Hall–Kier alpha value is -1.10. The average Bonchev–Trinajstić information content (AvgIpc) is 2.78. The molecule has 4 aromatic carbocycles. The Morgan fingerprint density at radius 3 is 1.30 bits per heavy atom. The Morgan fingerprint density at radius 2 is 0.933 bits per heavy atom. The average molecular weight is 577 g/mol. The van der Waals surface area contributed by atoms with Gasteiger partial charge in [0.2, 0.25) is 0 Å². The van der Waals surface area contributed by atoms with Gasteiger partial charge >= 0.3 is 201 Å². The van der Waals surface area contributed by atoms with Crippen molar-refractivity contribution < 1.29 is 0 Å².